The second kappa shape index (κ2) is 7.90. The second-order valence-electron chi connectivity index (χ2n) is 6.54. The molecular formula is C18H23N5O2S. The van der Waals surface area contributed by atoms with Crippen LogP contribution in [0.4, 0.5) is 4.79 Å². The zero-order valence-electron chi connectivity index (χ0n) is 15.2. The number of carbonyl (C=O) groups is 2. The van der Waals surface area contributed by atoms with Crippen molar-refractivity contribution < 1.29 is 9.59 Å². The van der Waals surface area contributed by atoms with E-state index in [4.69, 9.17) is 0 Å². The SMILES string of the molecule is CCC(C)Sc1nnc(CC2CC(=O)NC(=O)N2)n1-c1cccc(C)c1. The van der Waals surface area contributed by atoms with Crippen molar-refractivity contribution in [2.24, 2.45) is 0 Å². The number of aromatic nitrogens is 3. The highest BCUT2D eigenvalue weighted by Gasteiger charge is 2.27. The summed E-state index contributed by atoms with van der Waals surface area (Å²) in [7, 11) is 0. The summed E-state index contributed by atoms with van der Waals surface area (Å²) in [5.74, 6) is 0.468. The number of nitrogens with zero attached hydrogens (tertiary/aromatic N) is 3. The Morgan fingerprint density at radius 1 is 1.35 bits per heavy atom. The lowest BCUT2D eigenvalue weighted by atomic mass is 10.1. The van der Waals surface area contributed by atoms with Crippen LogP contribution in [-0.4, -0.2) is 38.0 Å². The lowest BCUT2D eigenvalue weighted by molar-refractivity contribution is -0.121. The number of rotatable bonds is 6. The molecule has 1 aliphatic heterocycles. The summed E-state index contributed by atoms with van der Waals surface area (Å²) in [6.07, 6.45) is 1.71. The fraction of sp³-hybridized carbons (Fsp3) is 0.444. The molecule has 8 heteroatoms. The third kappa shape index (κ3) is 4.24. The van der Waals surface area contributed by atoms with Gasteiger partial charge in [0.05, 0.1) is 0 Å². The average molecular weight is 373 g/mol. The van der Waals surface area contributed by atoms with Crippen molar-refractivity contribution in [3.05, 3.63) is 35.7 Å². The minimum Gasteiger partial charge on any atom is -0.334 e. The molecular weight excluding hydrogens is 350 g/mol. The van der Waals surface area contributed by atoms with E-state index >= 15 is 0 Å². The molecule has 3 amide bonds. The van der Waals surface area contributed by atoms with Gasteiger partial charge in [0.2, 0.25) is 5.91 Å². The first kappa shape index (κ1) is 18.4. The molecule has 7 nitrogen and oxygen atoms in total. The second-order valence-corrected chi connectivity index (χ2v) is 7.94. The van der Waals surface area contributed by atoms with E-state index in [1.54, 1.807) is 11.8 Å². The van der Waals surface area contributed by atoms with E-state index in [1.807, 2.05) is 29.7 Å². The van der Waals surface area contributed by atoms with Gasteiger partial charge >= 0.3 is 6.03 Å². The van der Waals surface area contributed by atoms with Gasteiger partial charge in [-0.05, 0) is 31.0 Å². The van der Waals surface area contributed by atoms with Crippen LogP contribution in [0, 0.1) is 6.92 Å². The average Bonchev–Trinajstić information content (AvgIpc) is 2.96. The van der Waals surface area contributed by atoms with E-state index < -0.39 is 6.03 Å². The standard InChI is InChI=1S/C18H23N5O2S/c1-4-12(3)26-18-22-21-15(9-13-10-16(24)20-17(25)19-13)23(18)14-7-5-6-11(2)8-14/h5-8,12-13H,4,9-10H2,1-3H3,(H2,19,20,24,25). The maximum atomic E-state index is 11.6. The third-order valence-corrected chi connectivity index (χ3v) is 5.50. The molecule has 0 bridgehead atoms. The predicted octanol–water partition coefficient (Wildman–Crippen LogP) is 2.61. The van der Waals surface area contributed by atoms with Gasteiger partial charge in [0.15, 0.2) is 5.16 Å². The van der Waals surface area contributed by atoms with Gasteiger partial charge in [-0.3, -0.25) is 14.7 Å². The Morgan fingerprint density at radius 2 is 2.15 bits per heavy atom. The molecule has 0 radical (unpaired) electrons. The molecule has 2 heterocycles. The van der Waals surface area contributed by atoms with Crippen molar-refractivity contribution in [3.63, 3.8) is 0 Å². The summed E-state index contributed by atoms with van der Waals surface area (Å²) in [5.41, 5.74) is 2.13. The maximum Gasteiger partial charge on any atom is 0.321 e. The molecule has 1 aromatic carbocycles. The highest BCUT2D eigenvalue weighted by Crippen LogP contribution is 2.28. The first-order valence-electron chi connectivity index (χ1n) is 8.74. The number of hydrogen-bond donors (Lipinski definition) is 2. The molecule has 1 fully saturated rings. The van der Waals surface area contributed by atoms with Crippen molar-refractivity contribution in [1.82, 2.24) is 25.4 Å². The number of aryl methyl sites for hydroxylation is 1. The van der Waals surface area contributed by atoms with E-state index in [-0.39, 0.29) is 18.4 Å². The van der Waals surface area contributed by atoms with Gasteiger partial charge in [-0.25, -0.2) is 4.79 Å². The van der Waals surface area contributed by atoms with Crippen LogP contribution in [0.5, 0.6) is 0 Å². The Bertz CT molecular complexity index is 804. The fourth-order valence-corrected chi connectivity index (χ4v) is 3.75. The van der Waals surface area contributed by atoms with Crippen LogP contribution in [0.3, 0.4) is 0 Å². The molecule has 0 aliphatic carbocycles. The Hall–Kier alpha value is -2.35. The minimum atomic E-state index is -0.456. The number of hydrogen-bond acceptors (Lipinski definition) is 5. The molecule has 1 aliphatic rings. The molecule has 1 aromatic heterocycles. The number of urea groups is 1. The van der Waals surface area contributed by atoms with Crippen LogP contribution in [0.1, 0.15) is 38.1 Å². The van der Waals surface area contributed by atoms with Gasteiger partial charge in [0, 0.05) is 29.8 Å². The molecule has 2 aromatic rings. The van der Waals surface area contributed by atoms with Gasteiger partial charge in [-0.15, -0.1) is 10.2 Å². The molecule has 3 rings (SSSR count). The Morgan fingerprint density at radius 3 is 2.85 bits per heavy atom. The zero-order valence-corrected chi connectivity index (χ0v) is 16.0. The zero-order chi connectivity index (χ0) is 18.7. The van der Waals surface area contributed by atoms with Gasteiger partial charge in [-0.1, -0.05) is 37.7 Å². The largest absolute Gasteiger partial charge is 0.334 e. The van der Waals surface area contributed by atoms with E-state index in [0.717, 1.165) is 28.7 Å². The molecule has 1 saturated heterocycles. The van der Waals surface area contributed by atoms with Crippen LogP contribution < -0.4 is 10.6 Å². The topological polar surface area (TPSA) is 88.9 Å². The Balaban J connectivity index is 1.94. The number of nitrogens with one attached hydrogen (secondary N) is 2. The number of carbonyl (C=O) groups excluding carboxylic acids is 2. The third-order valence-electron chi connectivity index (χ3n) is 4.29. The lowest BCUT2D eigenvalue weighted by Crippen LogP contribution is -2.53. The van der Waals surface area contributed by atoms with Crippen molar-refractivity contribution in [1.29, 1.82) is 0 Å². The lowest BCUT2D eigenvalue weighted by Gasteiger charge is -2.23. The first-order chi connectivity index (χ1) is 12.5. The van der Waals surface area contributed by atoms with E-state index in [9.17, 15) is 9.59 Å². The Kier molecular flexibility index (Phi) is 5.61. The molecule has 26 heavy (non-hydrogen) atoms. The summed E-state index contributed by atoms with van der Waals surface area (Å²) < 4.78 is 2.03. The fourth-order valence-electron chi connectivity index (χ4n) is 2.82. The van der Waals surface area contributed by atoms with Crippen LogP contribution in [0.25, 0.3) is 5.69 Å². The quantitative estimate of drug-likeness (QED) is 0.760. The summed E-state index contributed by atoms with van der Waals surface area (Å²) >= 11 is 1.68. The molecule has 2 N–H and O–H groups in total. The van der Waals surface area contributed by atoms with Crippen LogP contribution >= 0.6 is 11.8 Å². The number of imide groups is 1. The smallest absolute Gasteiger partial charge is 0.321 e. The van der Waals surface area contributed by atoms with Crippen molar-refractivity contribution in [2.75, 3.05) is 0 Å². The van der Waals surface area contributed by atoms with Gasteiger partial charge in [-0.2, -0.15) is 0 Å². The van der Waals surface area contributed by atoms with Crippen LogP contribution in [-0.2, 0) is 11.2 Å². The molecule has 0 saturated carbocycles. The van der Waals surface area contributed by atoms with Gasteiger partial charge < -0.3 is 5.32 Å². The molecule has 138 valence electrons. The maximum absolute atomic E-state index is 11.6. The number of thioether (sulfide) groups is 1. The summed E-state index contributed by atoms with van der Waals surface area (Å²) in [6.45, 7) is 6.34. The first-order valence-corrected chi connectivity index (χ1v) is 9.62. The highest BCUT2D eigenvalue weighted by molar-refractivity contribution is 7.99. The summed E-state index contributed by atoms with van der Waals surface area (Å²) in [4.78, 5) is 23.2. The molecule has 2 atom stereocenters. The van der Waals surface area contributed by atoms with Gasteiger partial charge in [0.1, 0.15) is 5.82 Å². The monoisotopic (exact) mass is 373 g/mol. The van der Waals surface area contributed by atoms with Crippen molar-refractivity contribution >= 4 is 23.7 Å². The summed E-state index contributed by atoms with van der Waals surface area (Å²) in [6, 6.07) is 7.40. The predicted molar refractivity (Wildman–Crippen MR) is 100 cm³/mol. The van der Waals surface area contributed by atoms with Crippen molar-refractivity contribution in [3.8, 4) is 5.69 Å². The van der Waals surface area contributed by atoms with Crippen molar-refractivity contribution in [2.45, 2.75) is 56.5 Å². The summed E-state index contributed by atoms with van der Waals surface area (Å²) in [5, 5.41) is 15.0. The minimum absolute atomic E-state index is 0.236. The molecule has 2 unspecified atom stereocenters. The Labute approximate surface area is 157 Å². The van der Waals surface area contributed by atoms with E-state index in [1.165, 1.54) is 0 Å². The number of benzene rings is 1. The van der Waals surface area contributed by atoms with E-state index in [0.29, 0.717) is 11.7 Å². The van der Waals surface area contributed by atoms with Crippen LogP contribution in [0.2, 0.25) is 0 Å². The van der Waals surface area contributed by atoms with Crippen LogP contribution in [0.15, 0.2) is 29.4 Å². The molecule has 0 spiro atoms. The highest BCUT2D eigenvalue weighted by atomic mass is 32.2. The number of amides is 3. The van der Waals surface area contributed by atoms with Gasteiger partial charge in [0.25, 0.3) is 0 Å². The normalized spacial score (nSPS) is 18.3. The van der Waals surface area contributed by atoms with E-state index in [2.05, 4.69) is 40.7 Å².